The second-order valence-electron chi connectivity index (χ2n) is 3.06. The van der Waals surface area contributed by atoms with Crippen LogP contribution in [0.25, 0.3) is 0 Å². The molecule has 0 radical (unpaired) electrons. The van der Waals surface area contributed by atoms with Crippen molar-refractivity contribution in [3.8, 4) is 0 Å². The van der Waals surface area contributed by atoms with Crippen molar-refractivity contribution in [3.05, 3.63) is 5.69 Å². The van der Waals surface area contributed by atoms with Crippen LogP contribution >= 0.6 is 11.3 Å². The molecule has 1 rings (SSSR count). The molecule has 3 N–H and O–H groups in total. The zero-order valence-corrected chi connectivity index (χ0v) is 10.3. The highest BCUT2D eigenvalue weighted by Crippen LogP contribution is 2.25. The number of methoxy groups -OCH3 is 2. The fourth-order valence-electron chi connectivity index (χ4n) is 1.04. The number of nitrogens with zero attached hydrogens (tertiary/aromatic N) is 1. The summed E-state index contributed by atoms with van der Waals surface area (Å²) < 4.78 is 9.16. The summed E-state index contributed by atoms with van der Waals surface area (Å²) >= 11 is 1.09. The van der Waals surface area contributed by atoms with Gasteiger partial charge in [-0.25, -0.2) is 4.98 Å². The number of carbonyl (C=O) groups excluding carboxylic acids is 2. The lowest BCUT2D eigenvalue weighted by molar-refractivity contribution is -0.139. The van der Waals surface area contributed by atoms with E-state index in [-0.39, 0.29) is 18.9 Å². The summed E-state index contributed by atoms with van der Waals surface area (Å²) in [7, 11) is 2.70. The van der Waals surface area contributed by atoms with E-state index >= 15 is 0 Å². The minimum Gasteiger partial charge on any atom is -0.469 e. The Morgan fingerprint density at radius 3 is 2.76 bits per heavy atom. The molecular weight excluding hydrogens is 246 g/mol. The van der Waals surface area contributed by atoms with E-state index in [1.807, 2.05) is 0 Å². The number of aromatic nitrogens is 1. The van der Waals surface area contributed by atoms with Crippen LogP contribution in [0.4, 0.5) is 10.1 Å². The molecule has 0 unspecified atom stereocenters. The van der Waals surface area contributed by atoms with Gasteiger partial charge in [-0.2, -0.15) is 0 Å². The Labute approximate surface area is 102 Å². The lowest BCUT2D eigenvalue weighted by Gasteiger charge is -1.98. The van der Waals surface area contributed by atoms with Gasteiger partial charge >= 0.3 is 5.97 Å². The van der Waals surface area contributed by atoms with Gasteiger partial charge in [-0.15, -0.1) is 0 Å². The molecule has 1 amide bonds. The number of anilines is 2. The fourth-order valence-corrected chi connectivity index (χ4v) is 1.80. The molecule has 0 saturated carbocycles. The molecule has 0 atom stereocenters. The maximum atomic E-state index is 11.2. The molecule has 17 heavy (non-hydrogen) atoms. The molecule has 0 bridgehead atoms. The number of nitrogens with one attached hydrogen (secondary N) is 1. The number of carbonyl (C=O) groups is 2. The zero-order valence-electron chi connectivity index (χ0n) is 9.48. The summed E-state index contributed by atoms with van der Waals surface area (Å²) in [6.45, 7) is -0.0637. The zero-order chi connectivity index (χ0) is 12.8. The van der Waals surface area contributed by atoms with Gasteiger partial charge in [0.05, 0.1) is 19.2 Å². The number of rotatable bonds is 5. The second kappa shape index (κ2) is 6.16. The van der Waals surface area contributed by atoms with E-state index in [4.69, 9.17) is 5.73 Å². The molecule has 7 nitrogen and oxygen atoms in total. The first-order valence-corrected chi connectivity index (χ1v) is 5.49. The lowest BCUT2D eigenvalue weighted by Crippen LogP contribution is -2.17. The van der Waals surface area contributed by atoms with Gasteiger partial charge in [0.1, 0.15) is 11.6 Å². The Morgan fingerprint density at radius 1 is 1.47 bits per heavy atom. The normalized spacial score (nSPS) is 10.0. The van der Waals surface area contributed by atoms with Gasteiger partial charge in [0, 0.05) is 7.11 Å². The molecule has 1 aromatic heterocycles. The van der Waals surface area contributed by atoms with Gasteiger partial charge < -0.3 is 15.2 Å². The van der Waals surface area contributed by atoms with E-state index in [9.17, 15) is 9.59 Å². The van der Waals surface area contributed by atoms with Crippen LogP contribution in [0.2, 0.25) is 0 Å². The van der Waals surface area contributed by atoms with E-state index < -0.39 is 5.97 Å². The Hall–Kier alpha value is -1.67. The van der Waals surface area contributed by atoms with Crippen molar-refractivity contribution in [2.24, 2.45) is 0 Å². The first kappa shape index (κ1) is 13.4. The molecule has 0 aliphatic carbocycles. The molecular formula is C9H13N3O4S. The van der Waals surface area contributed by atoms with Crippen LogP contribution in [-0.4, -0.2) is 37.7 Å². The van der Waals surface area contributed by atoms with Crippen molar-refractivity contribution in [2.75, 3.05) is 31.9 Å². The van der Waals surface area contributed by atoms with Crippen molar-refractivity contribution >= 4 is 33.3 Å². The number of nitrogens with two attached hydrogens (primary N) is 1. The van der Waals surface area contributed by atoms with Gasteiger partial charge in [-0.1, -0.05) is 11.3 Å². The average Bonchev–Trinajstić information content (AvgIpc) is 2.59. The third-order valence-corrected chi connectivity index (χ3v) is 2.63. The van der Waals surface area contributed by atoms with Crippen LogP contribution < -0.4 is 11.1 Å². The number of amides is 1. The van der Waals surface area contributed by atoms with E-state index in [1.54, 1.807) is 0 Å². The van der Waals surface area contributed by atoms with Crippen LogP contribution in [-0.2, 0) is 25.5 Å². The SMILES string of the molecule is COCC(=O)Nc1nc(CC(=O)OC)c(N)s1. The Balaban J connectivity index is 2.67. The minimum atomic E-state index is -0.434. The Kier molecular flexibility index (Phi) is 4.85. The quantitative estimate of drug-likeness (QED) is 0.723. The van der Waals surface area contributed by atoms with Crippen LogP contribution in [0.15, 0.2) is 0 Å². The first-order valence-electron chi connectivity index (χ1n) is 4.67. The van der Waals surface area contributed by atoms with Gasteiger partial charge in [0.15, 0.2) is 5.13 Å². The topological polar surface area (TPSA) is 104 Å². The summed E-state index contributed by atoms with van der Waals surface area (Å²) in [5.74, 6) is -0.761. The molecule has 0 fully saturated rings. The molecule has 0 saturated heterocycles. The highest BCUT2D eigenvalue weighted by molar-refractivity contribution is 7.19. The van der Waals surface area contributed by atoms with E-state index in [0.717, 1.165) is 11.3 Å². The molecule has 94 valence electrons. The van der Waals surface area contributed by atoms with Crippen LogP contribution in [0, 0.1) is 0 Å². The monoisotopic (exact) mass is 259 g/mol. The van der Waals surface area contributed by atoms with Gasteiger partial charge in [-0.3, -0.25) is 14.9 Å². The Bertz CT molecular complexity index is 418. The first-order chi connectivity index (χ1) is 8.06. The maximum Gasteiger partial charge on any atom is 0.311 e. The van der Waals surface area contributed by atoms with E-state index in [2.05, 4.69) is 19.8 Å². The second-order valence-corrected chi connectivity index (χ2v) is 4.09. The number of thiazole rings is 1. The highest BCUT2D eigenvalue weighted by Gasteiger charge is 2.14. The number of ether oxygens (including phenoxy) is 2. The predicted octanol–water partition coefficient (Wildman–Crippen LogP) is 0.0257. The van der Waals surface area contributed by atoms with Crippen LogP contribution in [0.5, 0.6) is 0 Å². The molecule has 0 spiro atoms. The van der Waals surface area contributed by atoms with Crippen molar-refractivity contribution in [1.82, 2.24) is 4.98 Å². The van der Waals surface area contributed by atoms with Gasteiger partial charge in [-0.05, 0) is 0 Å². The van der Waals surface area contributed by atoms with Crippen LogP contribution in [0.1, 0.15) is 5.69 Å². The molecule has 0 aliphatic heterocycles. The van der Waals surface area contributed by atoms with Crippen molar-refractivity contribution in [1.29, 1.82) is 0 Å². The summed E-state index contributed by atoms with van der Waals surface area (Å²) in [5.41, 5.74) is 6.06. The van der Waals surface area contributed by atoms with Crippen molar-refractivity contribution in [3.63, 3.8) is 0 Å². The Morgan fingerprint density at radius 2 is 2.18 bits per heavy atom. The van der Waals surface area contributed by atoms with Crippen molar-refractivity contribution in [2.45, 2.75) is 6.42 Å². The maximum absolute atomic E-state index is 11.2. The summed E-state index contributed by atoms with van der Waals surface area (Å²) in [6, 6.07) is 0. The smallest absolute Gasteiger partial charge is 0.311 e. The number of esters is 1. The van der Waals surface area contributed by atoms with E-state index in [1.165, 1.54) is 14.2 Å². The fraction of sp³-hybridized carbons (Fsp3) is 0.444. The van der Waals surface area contributed by atoms with Crippen molar-refractivity contribution < 1.29 is 19.1 Å². The lowest BCUT2D eigenvalue weighted by atomic mass is 10.3. The minimum absolute atomic E-state index is 0.0149. The number of hydrogen-bond donors (Lipinski definition) is 2. The number of nitrogen functional groups attached to an aromatic ring is 1. The van der Waals surface area contributed by atoms with Crippen LogP contribution in [0.3, 0.4) is 0 Å². The standard InChI is InChI=1S/C9H13N3O4S/c1-15-4-6(13)12-9-11-5(8(10)17-9)3-7(14)16-2/h3-4,10H2,1-2H3,(H,11,12,13). The highest BCUT2D eigenvalue weighted by atomic mass is 32.1. The average molecular weight is 259 g/mol. The predicted molar refractivity (Wildman–Crippen MR) is 62.8 cm³/mol. The summed E-state index contributed by atoms with van der Waals surface area (Å²) in [5, 5.41) is 3.22. The molecule has 0 aromatic carbocycles. The van der Waals surface area contributed by atoms with Gasteiger partial charge in [0.25, 0.3) is 5.91 Å². The molecule has 0 aliphatic rings. The molecule has 1 heterocycles. The number of hydrogen-bond acceptors (Lipinski definition) is 7. The van der Waals surface area contributed by atoms with E-state index in [0.29, 0.717) is 15.8 Å². The summed E-state index contributed by atoms with van der Waals surface area (Å²) in [4.78, 5) is 26.3. The third-order valence-electron chi connectivity index (χ3n) is 1.79. The molecule has 1 aromatic rings. The van der Waals surface area contributed by atoms with Gasteiger partial charge in [0.2, 0.25) is 0 Å². The largest absolute Gasteiger partial charge is 0.469 e. The summed E-state index contributed by atoms with van der Waals surface area (Å²) in [6.07, 6.45) is -0.0149. The molecule has 8 heteroatoms. The third kappa shape index (κ3) is 4.00.